The van der Waals surface area contributed by atoms with Crippen molar-refractivity contribution in [1.29, 1.82) is 0 Å². The Morgan fingerprint density at radius 2 is 1.92 bits per heavy atom. The maximum absolute atomic E-state index is 6.19. The summed E-state index contributed by atoms with van der Waals surface area (Å²) in [5, 5.41) is 0.453. The fourth-order valence-corrected chi connectivity index (χ4v) is 3.13. The minimum atomic E-state index is 0.394. The van der Waals surface area contributed by atoms with Crippen LogP contribution < -0.4 is 4.90 Å². The topological polar surface area (TPSA) is 63.3 Å². The first-order chi connectivity index (χ1) is 12.3. The molecule has 7 heteroatoms. The molecule has 0 saturated carbocycles. The van der Waals surface area contributed by atoms with E-state index in [4.69, 9.17) is 21.1 Å². The van der Waals surface area contributed by atoms with Gasteiger partial charge in [-0.05, 0) is 5.56 Å². The second-order valence-corrected chi connectivity index (χ2v) is 6.31. The van der Waals surface area contributed by atoms with Gasteiger partial charge in [0.2, 0.25) is 0 Å². The minimum Gasteiger partial charge on any atom is -0.378 e. The first-order valence-electron chi connectivity index (χ1n) is 8.29. The molecule has 3 aromatic rings. The van der Waals surface area contributed by atoms with Crippen LogP contribution in [0.1, 0.15) is 11.4 Å². The van der Waals surface area contributed by atoms with Gasteiger partial charge in [0.1, 0.15) is 23.1 Å². The van der Waals surface area contributed by atoms with Crippen molar-refractivity contribution < 1.29 is 9.47 Å². The van der Waals surface area contributed by atoms with Gasteiger partial charge in [-0.3, -0.25) is 0 Å². The molecule has 0 bridgehead atoms. The van der Waals surface area contributed by atoms with E-state index < -0.39 is 0 Å². The molecule has 1 aliphatic rings. The molecule has 0 atom stereocenters. The van der Waals surface area contributed by atoms with Crippen LogP contribution in [-0.4, -0.2) is 41.3 Å². The largest absolute Gasteiger partial charge is 0.378 e. The SMILES string of the molecule is Clc1cc(N2CCOCC2)c2nc(COCc3ccccc3)[nH]c2n1. The Balaban J connectivity index is 1.52. The molecule has 1 aromatic carbocycles. The standard InChI is InChI=1S/C18H19ClN4O2/c19-15-10-14(23-6-8-24-9-7-23)17-18(20-15)22-16(21-17)12-25-11-13-4-2-1-3-5-13/h1-5,10H,6-9,11-12H2,(H,20,21,22). The van der Waals surface area contributed by atoms with Crippen molar-refractivity contribution in [2.75, 3.05) is 31.2 Å². The summed E-state index contributed by atoms with van der Waals surface area (Å²) < 4.78 is 11.2. The van der Waals surface area contributed by atoms with Crippen LogP contribution in [0.3, 0.4) is 0 Å². The summed E-state index contributed by atoms with van der Waals surface area (Å²) in [5.41, 5.74) is 3.63. The van der Waals surface area contributed by atoms with E-state index in [0.717, 1.165) is 35.7 Å². The first-order valence-corrected chi connectivity index (χ1v) is 8.67. The summed E-state index contributed by atoms with van der Waals surface area (Å²) in [6.07, 6.45) is 0. The number of benzene rings is 1. The number of aromatic amines is 1. The molecule has 0 unspecified atom stereocenters. The van der Waals surface area contributed by atoms with Crippen LogP contribution >= 0.6 is 11.6 Å². The Labute approximate surface area is 150 Å². The number of imidazole rings is 1. The summed E-state index contributed by atoms with van der Waals surface area (Å²) in [6, 6.07) is 11.9. The number of fused-ring (bicyclic) bond motifs is 1. The minimum absolute atomic E-state index is 0.394. The first kappa shape index (κ1) is 16.3. The molecule has 1 N–H and O–H groups in total. The van der Waals surface area contributed by atoms with Crippen molar-refractivity contribution in [2.45, 2.75) is 13.2 Å². The molecule has 6 nitrogen and oxygen atoms in total. The van der Waals surface area contributed by atoms with Gasteiger partial charge in [0.05, 0.1) is 25.5 Å². The molecular formula is C18H19ClN4O2. The van der Waals surface area contributed by atoms with E-state index in [1.54, 1.807) is 0 Å². The fourth-order valence-electron chi connectivity index (χ4n) is 2.94. The van der Waals surface area contributed by atoms with Crippen LogP contribution in [0.25, 0.3) is 11.2 Å². The number of aromatic nitrogens is 3. The predicted molar refractivity (Wildman–Crippen MR) is 96.9 cm³/mol. The number of halogens is 1. The second-order valence-electron chi connectivity index (χ2n) is 5.92. The zero-order valence-electron chi connectivity index (χ0n) is 13.7. The van der Waals surface area contributed by atoms with Gasteiger partial charge >= 0.3 is 0 Å². The number of ether oxygens (including phenoxy) is 2. The number of morpholine rings is 1. The highest BCUT2D eigenvalue weighted by Gasteiger charge is 2.18. The van der Waals surface area contributed by atoms with E-state index in [0.29, 0.717) is 37.2 Å². The Morgan fingerprint density at radius 3 is 2.72 bits per heavy atom. The third-order valence-electron chi connectivity index (χ3n) is 4.15. The number of pyridine rings is 1. The quantitative estimate of drug-likeness (QED) is 0.710. The van der Waals surface area contributed by atoms with E-state index >= 15 is 0 Å². The van der Waals surface area contributed by atoms with Crippen molar-refractivity contribution >= 4 is 28.5 Å². The van der Waals surface area contributed by atoms with Crippen molar-refractivity contribution in [3.63, 3.8) is 0 Å². The number of nitrogens with zero attached hydrogens (tertiary/aromatic N) is 3. The van der Waals surface area contributed by atoms with E-state index in [1.165, 1.54) is 0 Å². The zero-order valence-corrected chi connectivity index (χ0v) is 14.5. The maximum atomic E-state index is 6.19. The highest BCUT2D eigenvalue weighted by Crippen LogP contribution is 2.28. The number of rotatable bonds is 5. The van der Waals surface area contributed by atoms with E-state index in [1.807, 2.05) is 36.4 Å². The highest BCUT2D eigenvalue weighted by molar-refractivity contribution is 6.30. The lowest BCUT2D eigenvalue weighted by atomic mass is 10.2. The molecule has 1 aliphatic heterocycles. The predicted octanol–water partition coefficient (Wildman–Crippen LogP) is 3.16. The van der Waals surface area contributed by atoms with Crippen LogP contribution in [-0.2, 0) is 22.7 Å². The molecule has 0 radical (unpaired) electrons. The number of hydrogen-bond acceptors (Lipinski definition) is 5. The fraction of sp³-hybridized carbons (Fsp3) is 0.333. The molecule has 1 fully saturated rings. The van der Waals surface area contributed by atoms with E-state index in [2.05, 4.69) is 19.9 Å². The third-order valence-corrected chi connectivity index (χ3v) is 4.35. The van der Waals surface area contributed by atoms with Crippen LogP contribution in [0.4, 0.5) is 5.69 Å². The van der Waals surface area contributed by atoms with Gasteiger partial charge in [-0.25, -0.2) is 9.97 Å². The average Bonchev–Trinajstić information content (AvgIpc) is 3.05. The lowest BCUT2D eigenvalue weighted by molar-refractivity contribution is 0.102. The van der Waals surface area contributed by atoms with Gasteiger partial charge in [0.15, 0.2) is 5.65 Å². The Bertz CT molecular complexity index is 847. The van der Waals surface area contributed by atoms with Gasteiger partial charge in [0, 0.05) is 19.2 Å². The Kier molecular flexibility index (Phi) is 4.83. The van der Waals surface area contributed by atoms with Crippen molar-refractivity contribution in [3.8, 4) is 0 Å². The maximum Gasteiger partial charge on any atom is 0.161 e. The van der Waals surface area contributed by atoms with Gasteiger partial charge in [-0.1, -0.05) is 41.9 Å². The number of hydrogen-bond donors (Lipinski definition) is 1. The van der Waals surface area contributed by atoms with Crippen LogP contribution in [0.2, 0.25) is 5.15 Å². The second kappa shape index (κ2) is 7.39. The number of anilines is 1. The molecule has 0 amide bonds. The molecule has 1 saturated heterocycles. The van der Waals surface area contributed by atoms with Gasteiger partial charge in [-0.15, -0.1) is 0 Å². The van der Waals surface area contributed by atoms with Gasteiger partial charge < -0.3 is 19.4 Å². The summed E-state index contributed by atoms with van der Waals surface area (Å²) in [4.78, 5) is 14.5. The van der Waals surface area contributed by atoms with Gasteiger partial charge in [0.25, 0.3) is 0 Å². The molecule has 4 rings (SSSR count). The Hall–Kier alpha value is -2.15. The summed E-state index contributed by atoms with van der Waals surface area (Å²) in [5.74, 6) is 0.746. The molecule has 2 aromatic heterocycles. The normalized spacial score (nSPS) is 15.0. The third kappa shape index (κ3) is 3.76. The zero-order chi connectivity index (χ0) is 17.1. The highest BCUT2D eigenvalue weighted by atomic mass is 35.5. The number of H-pyrrole nitrogens is 1. The van der Waals surface area contributed by atoms with Crippen molar-refractivity contribution in [1.82, 2.24) is 15.0 Å². The number of nitrogens with one attached hydrogen (secondary N) is 1. The molecule has 25 heavy (non-hydrogen) atoms. The molecule has 0 spiro atoms. The van der Waals surface area contributed by atoms with E-state index in [-0.39, 0.29) is 0 Å². The smallest absolute Gasteiger partial charge is 0.161 e. The van der Waals surface area contributed by atoms with Crippen LogP contribution in [0.15, 0.2) is 36.4 Å². The van der Waals surface area contributed by atoms with E-state index in [9.17, 15) is 0 Å². The van der Waals surface area contributed by atoms with Crippen LogP contribution in [0.5, 0.6) is 0 Å². The van der Waals surface area contributed by atoms with Gasteiger partial charge in [-0.2, -0.15) is 0 Å². The monoisotopic (exact) mass is 358 g/mol. The molecule has 0 aliphatic carbocycles. The average molecular weight is 359 g/mol. The molecule has 130 valence electrons. The van der Waals surface area contributed by atoms with Crippen molar-refractivity contribution in [2.24, 2.45) is 0 Å². The lowest BCUT2D eigenvalue weighted by Gasteiger charge is -2.28. The summed E-state index contributed by atoms with van der Waals surface area (Å²) in [7, 11) is 0. The Morgan fingerprint density at radius 1 is 1.12 bits per heavy atom. The summed E-state index contributed by atoms with van der Waals surface area (Å²) in [6.45, 7) is 4.00. The molecular weight excluding hydrogens is 340 g/mol. The lowest BCUT2D eigenvalue weighted by Crippen LogP contribution is -2.36. The molecule has 3 heterocycles. The van der Waals surface area contributed by atoms with Crippen molar-refractivity contribution in [3.05, 3.63) is 52.9 Å². The summed E-state index contributed by atoms with van der Waals surface area (Å²) >= 11 is 6.19. The van der Waals surface area contributed by atoms with Crippen LogP contribution in [0, 0.1) is 0 Å².